The van der Waals surface area contributed by atoms with Crippen molar-refractivity contribution in [3.05, 3.63) is 94.5 Å². The third-order valence-electron chi connectivity index (χ3n) is 4.12. The second-order valence-electron chi connectivity index (χ2n) is 6.34. The average molecular weight is 416 g/mol. The fraction of sp³-hybridized carbons (Fsp3) is 0.182. The highest BCUT2D eigenvalue weighted by atomic mass is 35.5. The van der Waals surface area contributed by atoms with Crippen molar-refractivity contribution in [3.8, 4) is 5.75 Å². The molecule has 0 aliphatic heterocycles. The molecule has 0 radical (unpaired) electrons. The van der Waals surface area contributed by atoms with Crippen LogP contribution in [0.4, 0.5) is 4.39 Å². The maximum atomic E-state index is 13.3. The maximum absolute atomic E-state index is 13.3. The summed E-state index contributed by atoms with van der Waals surface area (Å²) in [5.74, 6) is -0.582. The molecule has 3 rings (SSSR count). The van der Waals surface area contributed by atoms with Crippen LogP contribution >= 0.6 is 11.6 Å². The number of aliphatic hydroxyl groups excluding tert-OH is 1. The van der Waals surface area contributed by atoms with E-state index in [0.717, 1.165) is 5.56 Å². The van der Waals surface area contributed by atoms with Gasteiger partial charge in [0.05, 0.1) is 12.5 Å². The zero-order valence-electron chi connectivity index (χ0n) is 15.4. The molecule has 0 aliphatic carbocycles. The van der Waals surface area contributed by atoms with Gasteiger partial charge >= 0.3 is 5.97 Å². The zero-order chi connectivity index (χ0) is 20.6. The molecule has 29 heavy (non-hydrogen) atoms. The SMILES string of the molecule is O=C(CC(O)c1cccc(F)c1)OCc1cc(Cl)ccc1OCc1cccnc1. The molecule has 0 fully saturated rings. The van der Waals surface area contributed by atoms with E-state index in [-0.39, 0.29) is 13.0 Å². The van der Waals surface area contributed by atoms with Crippen molar-refractivity contribution in [2.45, 2.75) is 25.7 Å². The van der Waals surface area contributed by atoms with Crippen LogP contribution in [0, 0.1) is 5.82 Å². The van der Waals surface area contributed by atoms with Crippen molar-refractivity contribution in [1.29, 1.82) is 0 Å². The molecule has 1 heterocycles. The molecular weight excluding hydrogens is 397 g/mol. The van der Waals surface area contributed by atoms with Gasteiger partial charge in [0.15, 0.2) is 0 Å². The first-order chi connectivity index (χ1) is 14.0. The van der Waals surface area contributed by atoms with Crippen molar-refractivity contribution in [2.75, 3.05) is 0 Å². The standard InChI is InChI=1S/C22H19ClFNO4/c23-18-6-7-21(28-13-15-3-2-8-25-12-15)17(9-18)14-29-22(27)11-20(26)16-4-1-5-19(24)10-16/h1-10,12,20,26H,11,13-14H2. The van der Waals surface area contributed by atoms with Crippen molar-refractivity contribution in [1.82, 2.24) is 4.98 Å². The molecule has 0 amide bonds. The van der Waals surface area contributed by atoms with E-state index in [9.17, 15) is 14.3 Å². The molecule has 0 aliphatic rings. The number of hydrogen-bond acceptors (Lipinski definition) is 5. The first kappa shape index (κ1) is 20.8. The largest absolute Gasteiger partial charge is 0.488 e. The van der Waals surface area contributed by atoms with Gasteiger partial charge in [-0.1, -0.05) is 29.8 Å². The van der Waals surface area contributed by atoms with Crippen molar-refractivity contribution in [3.63, 3.8) is 0 Å². The Labute approximate surface area is 172 Å². The minimum absolute atomic E-state index is 0.0718. The number of carbonyl (C=O) groups excluding carboxylic acids is 1. The summed E-state index contributed by atoms with van der Waals surface area (Å²) >= 11 is 6.05. The highest BCUT2D eigenvalue weighted by Crippen LogP contribution is 2.25. The predicted octanol–water partition coefficient (Wildman–Crippen LogP) is 4.62. The zero-order valence-corrected chi connectivity index (χ0v) is 16.2. The van der Waals surface area contributed by atoms with Gasteiger partial charge in [0, 0.05) is 28.5 Å². The fourth-order valence-electron chi connectivity index (χ4n) is 2.65. The van der Waals surface area contributed by atoms with E-state index in [2.05, 4.69) is 4.98 Å². The molecular formula is C22H19ClFNO4. The number of nitrogens with zero attached hydrogens (tertiary/aromatic N) is 1. The summed E-state index contributed by atoms with van der Waals surface area (Å²) in [6.45, 7) is 0.229. The van der Waals surface area contributed by atoms with Gasteiger partial charge in [-0.15, -0.1) is 0 Å². The lowest BCUT2D eigenvalue weighted by Crippen LogP contribution is -2.11. The number of pyridine rings is 1. The number of carbonyl (C=O) groups is 1. The summed E-state index contributed by atoms with van der Waals surface area (Å²) < 4.78 is 24.3. The van der Waals surface area contributed by atoms with Gasteiger partial charge in [0.2, 0.25) is 0 Å². The summed E-state index contributed by atoms with van der Waals surface area (Å²) in [7, 11) is 0. The summed E-state index contributed by atoms with van der Waals surface area (Å²) in [4.78, 5) is 16.1. The molecule has 3 aromatic rings. The number of aromatic nitrogens is 1. The monoisotopic (exact) mass is 415 g/mol. The van der Waals surface area contributed by atoms with Gasteiger partial charge in [0.25, 0.3) is 0 Å². The number of ether oxygens (including phenoxy) is 2. The summed E-state index contributed by atoms with van der Waals surface area (Å²) in [6.07, 6.45) is 1.92. The molecule has 1 unspecified atom stereocenters. The molecule has 5 nitrogen and oxygen atoms in total. The molecule has 7 heteroatoms. The van der Waals surface area contributed by atoms with E-state index >= 15 is 0 Å². The molecule has 1 aromatic heterocycles. The predicted molar refractivity (Wildman–Crippen MR) is 106 cm³/mol. The van der Waals surface area contributed by atoms with E-state index < -0.39 is 17.9 Å². The topological polar surface area (TPSA) is 68.7 Å². The van der Waals surface area contributed by atoms with Crippen LogP contribution in [0.3, 0.4) is 0 Å². The minimum Gasteiger partial charge on any atom is -0.488 e. The van der Waals surface area contributed by atoms with Gasteiger partial charge in [-0.05, 0) is 42.0 Å². The van der Waals surface area contributed by atoms with Crippen LogP contribution in [0.2, 0.25) is 5.02 Å². The molecule has 0 saturated carbocycles. The second kappa shape index (κ2) is 10.0. The normalized spacial score (nSPS) is 11.7. The van der Waals surface area contributed by atoms with Gasteiger partial charge in [0.1, 0.15) is 24.8 Å². The Hall–Kier alpha value is -2.96. The first-order valence-corrected chi connectivity index (χ1v) is 9.28. The highest BCUT2D eigenvalue weighted by Gasteiger charge is 2.16. The Morgan fingerprint density at radius 3 is 2.76 bits per heavy atom. The number of hydrogen-bond donors (Lipinski definition) is 1. The van der Waals surface area contributed by atoms with Crippen molar-refractivity contribution < 1.29 is 23.8 Å². The average Bonchev–Trinajstić information content (AvgIpc) is 2.72. The van der Waals surface area contributed by atoms with Crippen LogP contribution in [0.1, 0.15) is 29.2 Å². The summed E-state index contributed by atoms with van der Waals surface area (Å²) in [5, 5.41) is 10.6. The molecule has 1 atom stereocenters. The highest BCUT2D eigenvalue weighted by molar-refractivity contribution is 6.30. The smallest absolute Gasteiger partial charge is 0.309 e. The maximum Gasteiger partial charge on any atom is 0.309 e. The summed E-state index contributed by atoms with van der Waals surface area (Å²) in [6, 6.07) is 14.2. The minimum atomic E-state index is -1.15. The van der Waals surface area contributed by atoms with E-state index in [1.807, 2.05) is 12.1 Å². The third kappa shape index (κ3) is 6.27. The van der Waals surface area contributed by atoms with E-state index in [1.165, 1.54) is 18.2 Å². The van der Waals surface area contributed by atoms with Gasteiger partial charge in [-0.3, -0.25) is 9.78 Å². The number of esters is 1. The fourth-order valence-corrected chi connectivity index (χ4v) is 2.85. The lowest BCUT2D eigenvalue weighted by atomic mass is 10.1. The van der Waals surface area contributed by atoms with Crippen molar-refractivity contribution in [2.24, 2.45) is 0 Å². The second-order valence-corrected chi connectivity index (χ2v) is 6.77. The van der Waals surface area contributed by atoms with Gasteiger partial charge < -0.3 is 14.6 Å². The first-order valence-electron chi connectivity index (χ1n) is 8.90. The number of benzene rings is 2. The Kier molecular flexibility index (Phi) is 7.16. The Morgan fingerprint density at radius 2 is 2.00 bits per heavy atom. The van der Waals surface area contributed by atoms with Crippen LogP contribution in [-0.2, 0) is 22.7 Å². The number of rotatable bonds is 8. The lowest BCUT2D eigenvalue weighted by Gasteiger charge is -2.14. The van der Waals surface area contributed by atoms with Crippen LogP contribution in [0.15, 0.2) is 67.0 Å². The van der Waals surface area contributed by atoms with E-state index in [1.54, 1.807) is 36.7 Å². The number of halogens is 2. The Balaban J connectivity index is 1.59. The lowest BCUT2D eigenvalue weighted by molar-refractivity contribution is -0.147. The van der Waals surface area contributed by atoms with Crippen LogP contribution in [0.5, 0.6) is 5.75 Å². The molecule has 0 saturated heterocycles. The Bertz CT molecular complexity index is 968. The van der Waals surface area contributed by atoms with Gasteiger partial charge in [-0.2, -0.15) is 0 Å². The van der Waals surface area contributed by atoms with E-state index in [0.29, 0.717) is 28.5 Å². The van der Waals surface area contributed by atoms with E-state index in [4.69, 9.17) is 21.1 Å². The molecule has 1 N–H and O–H groups in total. The molecule has 150 valence electrons. The van der Waals surface area contributed by atoms with Gasteiger partial charge in [-0.25, -0.2) is 4.39 Å². The Morgan fingerprint density at radius 1 is 1.14 bits per heavy atom. The number of aliphatic hydroxyl groups is 1. The van der Waals surface area contributed by atoms with Crippen molar-refractivity contribution >= 4 is 17.6 Å². The van der Waals surface area contributed by atoms with Crippen LogP contribution in [-0.4, -0.2) is 16.1 Å². The third-order valence-corrected chi connectivity index (χ3v) is 4.36. The molecule has 0 spiro atoms. The van der Waals surface area contributed by atoms with Crippen LogP contribution < -0.4 is 4.74 Å². The quantitative estimate of drug-likeness (QED) is 0.544. The summed E-state index contributed by atoms with van der Waals surface area (Å²) in [5.41, 5.74) is 1.80. The molecule has 2 aromatic carbocycles. The molecule has 0 bridgehead atoms. The van der Waals surface area contributed by atoms with Crippen LogP contribution in [0.25, 0.3) is 0 Å².